The van der Waals surface area contributed by atoms with E-state index in [-0.39, 0.29) is 24.0 Å². The summed E-state index contributed by atoms with van der Waals surface area (Å²) in [5, 5.41) is 7.37. The van der Waals surface area contributed by atoms with E-state index in [9.17, 15) is 0 Å². The van der Waals surface area contributed by atoms with Gasteiger partial charge in [0.05, 0.1) is 6.61 Å². The molecule has 4 nitrogen and oxygen atoms in total. The highest BCUT2D eigenvalue weighted by Gasteiger charge is 2.04. The van der Waals surface area contributed by atoms with Gasteiger partial charge in [0.2, 0.25) is 0 Å². The van der Waals surface area contributed by atoms with E-state index in [1.807, 2.05) is 43.3 Å². The van der Waals surface area contributed by atoms with Gasteiger partial charge in [0.1, 0.15) is 0 Å². The Kier molecular flexibility index (Phi) is 10.5. The number of hydrogen-bond acceptors (Lipinski definition) is 2. The van der Waals surface area contributed by atoms with Crippen LogP contribution in [0.1, 0.15) is 23.6 Å². The zero-order valence-electron chi connectivity index (χ0n) is 14.6. The summed E-state index contributed by atoms with van der Waals surface area (Å²) in [5.41, 5.74) is 3.51. The minimum atomic E-state index is 0. The minimum Gasteiger partial charge on any atom is -0.377 e. The first-order valence-electron chi connectivity index (χ1n) is 8.06. The van der Waals surface area contributed by atoms with Gasteiger partial charge in [-0.2, -0.15) is 0 Å². The molecule has 0 atom stereocenters. The number of aliphatic imine (C=N–C) groups is 1. The molecular weight excluding hydrogens is 449 g/mol. The first kappa shape index (κ1) is 21.7. The molecule has 2 rings (SSSR count). The topological polar surface area (TPSA) is 45.6 Å². The third-order valence-corrected chi connectivity index (χ3v) is 3.83. The van der Waals surface area contributed by atoms with Crippen molar-refractivity contribution in [1.82, 2.24) is 10.6 Å². The molecular formula is C19H25ClIN3O. The van der Waals surface area contributed by atoms with Crippen molar-refractivity contribution in [2.75, 3.05) is 13.7 Å². The van der Waals surface area contributed by atoms with Gasteiger partial charge in [-0.15, -0.1) is 24.0 Å². The molecule has 2 N–H and O–H groups in total. The Hall–Kier alpha value is -1.31. The summed E-state index contributed by atoms with van der Waals surface area (Å²) in [7, 11) is 1.76. The Balaban J connectivity index is 0.00000312. The average Bonchev–Trinajstić information content (AvgIpc) is 2.61. The first-order chi connectivity index (χ1) is 11.7. The average molecular weight is 474 g/mol. The van der Waals surface area contributed by atoms with Gasteiger partial charge in [0.25, 0.3) is 0 Å². The van der Waals surface area contributed by atoms with Crippen molar-refractivity contribution in [3.8, 4) is 0 Å². The Bertz CT molecular complexity index is 679. The fourth-order valence-electron chi connectivity index (χ4n) is 2.32. The minimum absolute atomic E-state index is 0. The van der Waals surface area contributed by atoms with Crippen LogP contribution in [-0.2, 0) is 24.4 Å². The van der Waals surface area contributed by atoms with Crippen LogP contribution in [0.5, 0.6) is 0 Å². The standard InChI is InChI=1S/C19H24ClN3O.HI/c1-3-24-14-17-9-5-4-8-16(17)13-23-19(21-2)22-12-15-7-6-10-18(20)11-15;/h4-11H,3,12-14H2,1-2H3,(H2,21,22,23);1H. The Morgan fingerprint density at radius 3 is 2.44 bits per heavy atom. The Morgan fingerprint density at radius 2 is 1.76 bits per heavy atom. The van der Waals surface area contributed by atoms with E-state index in [1.54, 1.807) is 7.05 Å². The van der Waals surface area contributed by atoms with Crippen LogP contribution in [0.25, 0.3) is 0 Å². The molecule has 0 amide bonds. The molecule has 6 heteroatoms. The summed E-state index contributed by atoms with van der Waals surface area (Å²) in [4.78, 5) is 4.26. The van der Waals surface area contributed by atoms with Crippen LogP contribution in [0, 0.1) is 0 Å². The van der Waals surface area contributed by atoms with E-state index in [0.29, 0.717) is 26.3 Å². The van der Waals surface area contributed by atoms with Crippen LogP contribution in [0.3, 0.4) is 0 Å². The normalized spacial score (nSPS) is 10.9. The molecule has 0 fully saturated rings. The maximum atomic E-state index is 6.01. The maximum Gasteiger partial charge on any atom is 0.191 e. The molecule has 0 aromatic heterocycles. The summed E-state index contributed by atoms with van der Waals surface area (Å²) in [6.07, 6.45) is 0. The highest BCUT2D eigenvalue weighted by atomic mass is 127. The van der Waals surface area contributed by atoms with Gasteiger partial charge >= 0.3 is 0 Å². The van der Waals surface area contributed by atoms with Gasteiger partial charge in [-0.25, -0.2) is 0 Å². The number of nitrogens with zero attached hydrogens (tertiary/aromatic N) is 1. The molecule has 0 aliphatic carbocycles. The molecule has 0 radical (unpaired) electrons. The van der Waals surface area contributed by atoms with Gasteiger partial charge in [0, 0.05) is 31.8 Å². The number of hydrogen-bond donors (Lipinski definition) is 2. The number of nitrogens with one attached hydrogen (secondary N) is 2. The van der Waals surface area contributed by atoms with E-state index < -0.39 is 0 Å². The number of rotatable bonds is 7. The van der Waals surface area contributed by atoms with E-state index >= 15 is 0 Å². The van der Waals surface area contributed by atoms with Crippen molar-refractivity contribution in [1.29, 1.82) is 0 Å². The first-order valence-corrected chi connectivity index (χ1v) is 8.44. The van der Waals surface area contributed by atoms with Crippen LogP contribution in [0.4, 0.5) is 0 Å². The summed E-state index contributed by atoms with van der Waals surface area (Å²) >= 11 is 6.01. The lowest BCUT2D eigenvalue weighted by molar-refractivity contribution is 0.133. The summed E-state index contributed by atoms with van der Waals surface area (Å²) in [6.45, 7) is 4.70. The van der Waals surface area contributed by atoms with Gasteiger partial charge < -0.3 is 15.4 Å². The lowest BCUT2D eigenvalue weighted by Crippen LogP contribution is -2.36. The van der Waals surface area contributed by atoms with Crippen LogP contribution < -0.4 is 10.6 Å². The third kappa shape index (κ3) is 7.63. The predicted molar refractivity (Wildman–Crippen MR) is 116 cm³/mol. The Labute approximate surface area is 172 Å². The highest BCUT2D eigenvalue weighted by Crippen LogP contribution is 2.11. The van der Waals surface area contributed by atoms with Gasteiger partial charge in [-0.1, -0.05) is 48.0 Å². The number of ether oxygens (including phenoxy) is 1. The van der Waals surface area contributed by atoms with Crippen molar-refractivity contribution < 1.29 is 4.74 Å². The van der Waals surface area contributed by atoms with Crippen molar-refractivity contribution >= 4 is 41.5 Å². The van der Waals surface area contributed by atoms with Crippen LogP contribution >= 0.6 is 35.6 Å². The molecule has 0 aliphatic heterocycles. The lowest BCUT2D eigenvalue weighted by Gasteiger charge is -2.14. The van der Waals surface area contributed by atoms with Crippen molar-refractivity contribution in [3.05, 3.63) is 70.2 Å². The number of halogens is 2. The highest BCUT2D eigenvalue weighted by molar-refractivity contribution is 14.0. The molecule has 0 spiro atoms. The zero-order chi connectivity index (χ0) is 17.2. The maximum absolute atomic E-state index is 6.01. The SMILES string of the molecule is CCOCc1ccccc1CNC(=NC)NCc1cccc(Cl)c1.I. The van der Waals surface area contributed by atoms with E-state index in [4.69, 9.17) is 16.3 Å². The van der Waals surface area contributed by atoms with Crippen LogP contribution in [0.15, 0.2) is 53.5 Å². The second-order valence-corrected chi connectivity index (χ2v) is 5.75. The van der Waals surface area contributed by atoms with Gasteiger partial charge in [-0.3, -0.25) is 4.99 Å². The van der Waals surface area contributed by atoms with Crippen molar-refractivity contribution in [2.45, 2.75) is 26.6 Å². The molecule has 0 saturated heterocycles. The smallest absolute Gasteiger partial charge is 0.191 e. The van der Waals surface area contributed by atoms with Crippen molar-refractivity contribution in [3.63, 3.8) is 0 Å². The third-order valence-electron chi connectivity index (χ3n) is 3.60. The van der Waals surface area contributed by atoms with Crippen LogP contribution in [-0.4, -0.2) is 19.6 Å². The molecule has 0 saturated carbocycles. The second kappa shape index (κ2) is 12.1. The van der Waals surface area contributed by atoms with Crippen molar-refractivity contribution in [2.24, 2.45) is 4.99 Å². The summed E-state index contributed by atoms with van der Waals surface area (Å²) in [6, 6.07) is 16.1. The fraction of sp³-hybridized carbons (Fsp3) is 0.316. The van der Waals surface area contributed by atoms with Gasteiger partial charge in [0.15, 0.2) is 5.96 Å². The Morgan fingerprint density at radius 1 is 1.04 bits per heavy atom. The number of benzene rings is 2. The zero-order valence-corrected chi connectivity index (χ0v) is 17.7. The van der Waals surface area contributed by atoms with Crippen LogP contribution in [0.2, 0.25) is 5.02 Å². The molecule has 2 aromatic rings. The van der Waals surface area contributed by atoms with Gasteiger partial charge in [-0.05, 0) is 35.7 Å². The molecule has 25 heavy (non-hydrogen) atoms. The van der Waals surface area contributed by atoms with E-state index in [1.165, 1.54) is 11.1 Å². The second-order valence-electron chi connectivity index (χ2n) is 5.32. The lowest BCUT2D eigenvalue weighted by atomic mass is 10.1. The molecule has 0 unspecified atom stereocenters. The predicted octanol–water partition coefficient (Wildman–Crippen LogP) is 4.36. The monoisotopic (exact) mass is 473 g/mol. The molecule has 0 bridgehead atoms. The fourth-order valence-corrected chi connectivity index (χ4v) is 2.53. The molecule has 0 heterocycles. The summed E-state index contributed by atoms with van der Waals surface area (Å²) < 4.78 is 5.52. The quantitative estimate of drug-likeness (QED) is 0.357. The molecule has 2 aromatic carbocycles. The molecule has 136 valence electrons. The van der Waals surface area contributed by atoms with E-state index in [2.05, 4.69) is 27.8 Å². The summed E-state index contributed by atoms with van der Waals surface area (Å²) in [5.74, 6) is 0.751. The largest absolute Gasteiger partial charge is 0.377 e. The number of guanidine groups is 1. The molecule has 0 aliphatic rings. The van der Waals surface area contributed by atoms with E-state index in [0.717, 1.165) is 16.5 Å².